The van der Waals surface area contributed by atoms with Gasteiger partial charge in [-0.2, -0.15) is 0 Å². The fourth-order valence-corrected chi connectivity index (χ4v) is 2.34. The molecule has 2 atom stereocenters. The summed E-state index contributed by atoms with van der Waals surface area (Å²) < 4.78 is 13.6. The van der Waals surface area contributed by atoms with E-state index in [0.29, 0.717) is 24.2 Å². The quantitative estimate of drug-likeness (QED) is 0.805. The van der Waals surface area contributed by atoms with E-state index < -0.39 is 0 Å². The molecular formula is C12H17FN2. The van der Waals surface area contributed by atoms with Crippen LogP contribution in [0.2, 0.25) is 0 Å². The van der Waals surface area contributed by atoms with Crippen molar-refractivity contribution in [1.29, 1.82) is 0 Å². The first-order chi connectivity index (χ1) is 7.24. The molecular weight excluding hydrogens is 191 g/mol. The molecule has 0 saturated carbocycles. The SMILES string of the molecule is CC1C(CN)CCN1c1ccccc1F. The van der Waals surface area contributed by atoms with Gasteiger partial charge in [-0.25, -0.2) is 4.39 Å². The summed E-state index contributed by atoms with van der Waals surface area (Å²) in [6.45, 7) is 3.72. The van der Waals surface area contributed by atoms with Gasteiger partial charge < -0.3 is 10.6 Å². The minimum Gasteiger partial charge on any atom is -0.366 e. The van der Waals surface area contributed by atoms with Crippen LogP contribution in [0.5, 0.6) is 0 Å². The Morgan fingerprint density at radius 1 is 1.47 bits per heavy atom. The molecule has 15 heavy (non-hydrogen) atoms. The number of nitrogens with zero attached hydrogens (tertiary/aromatic N) is 1. The van der Waals surface area contributed by atoms with E-state index >= 15 is 0 Å². The highest BCUT2D eigenvalue weighted by Gasteiger charge is 2.30. The lowest BCUT2D eigenvalue weighted by atomic mass is 10.0. The molecule has 3 heteroatoms. The van der Waals surface area contributed by atoms with E-state index in [1.165, 1.54) is 6.07 Å². The largest absolute Gasteiger partial charge is 0.366 e. The first-order valence-corrected chi connectivity index (χ1v) is 5.45. The topological polar surface area (TPSA) is 29.3 Å². The summed E-state index contributed by atoms with van der Waals surface area (Å²) in [4.78, 5) is 2.12. The van der Waals surface area contributed by atoms with Crippen molar-refractivity contribution in [2.75, 3.05) is 18.0 Å². The minimum absolute atomic E-state index is 0.137. The number of rotatable bonds is 2. The van der Waals surface area contributed by atoms with Crippen molar-refractivity contribution in [3.63, 3.8) is 0 Å². The molecule has 1 heterocycles. The lowest BCUT2D eigenvalue weighted by Crippen LogP contribution is -2.33. The smallest absolute Gasteiger partial charge is 0.146 e. The van der Waals surface area contributed by atoms with Crippen molar-refractivity contribution < 1.29 is 4.39 Å². The number of hydrogen-bond acceptors (Lipinski definition) is 2. The molecule has 1 fully saturated rings. The van der Waals surface area contributed by atoms with Crippen LogP contribution in [0.1, 0.15) is 13.3 Å². The Morgan fingerprint density at radius 3 is 2.80 bits per heavy atom. The maximum atomic E-state index is 13.6. The van der Waals surface area contributed by atoms with Gasteiger partial charge in [0.15, 0.2) is 0 Å². The molecule has 0 bridgehead atoms. The van der Waals surface area contributed by atoms with Crippen LogP contribution in [0.15, 0.2) is 24.3 Å². The molecule has 0 aromatic heterocycles. The van der Waals surface area contributed by atoms with Crippen LogP contribution in [0.25, 0.3) is 0 Å². The molecule has 1 aromatic carbocycles. The predicted molar refractivity (Wildman–Crippen MR) is 60.4 cm³/mol. The number of nitrogens with two attached hydrogens (primary N) is 1. The number of anilines is 1. The number of halogens is 1. The second-order valence-corrected chi connectivity index (χ2v) is 4.17. The minimum atomic E-state index is -0.137. The highest BCUT2D eigenvalue weighted by atomic mass is 19.1. The van der Waals surface area contributed by atoms with Gasteiger partial charge >= 0.3 is 0 Å². The molecule has 2 rings (SSSR count). The van der Waals surface area contributed by atoms with Gasteiger partial charge in [0.2, 0.25) is 0 Å². The van der Waals surface area contributed by atoms with Crippen LogP contribution < -0.4 is 10.6 Å². The first kappa shape index (κ1) is 10.4. The maximum absolute atomic E-state index is 13.6. The van der Waals surface area contributed by atoms with Crippen LogP contribution in [0.3, 0.4) is 0 Å². The molecule has 1 aliphatic rings. The fraction of sp³-hybridized carbons (Fsp3) is 0.500. The average molecular weight is 208 g/mol. The Bertz CT molecular complexity index is 340. The summed E-state index contributed by atoms with van der Waals surface area (Å²) in [7, 11) is 0. The average Bonchev–Trinajstić information content (AvgIpc) is 2.60. The maximum Gasteiger partial charge on any atom is 0.146 e. The summed E-state index contributed by atoms with van der Waals surface area (Å²) in [6.07, 6.45) is 1.06. The second kappa shape index (κ2) is 4.19. The number of hydrogen-bond donors (Lipinski definition) is 1. The zero-order valence-electron chi connectivity index (χ0n) is 8.99. The lowest BCUT2D eigenvalue weighted by Gasteiger charge is -2.26. The van der Waals surface area contributed by atoms with Crippen LogP contribution >= 0.6 is 0 Å². The summed E-state index contributed by atoms with van der Waals surface area (Å²) in [6, 6.07) is 7.29. The van der Waals surface area contributed by atoms with Gasteiger partial charge in [0.1, 0.15) is 5.82 Å². The number of benzene rings is 1. The molecule has 82 valence electrons. The van der Waals surface area contributed by atoms with E-state index in [4.69, 9.17) is 5.73 Å². The molecule has 2 unspecified atom stereocenters. The molecule has 1 aromatic rings. The predicted octanol–water partition coefficient (Wildman–Crippen LogP) is 2.00. The Kier molecular flexibility index (Phi) is 2.91. The summed E-state index contributed by atoms with van der Waals surface area (Å²) in [5.41, 5.74) is 6.39. The molecule has 0 radical (unpaired) electrons. The molecule has 2 nitrogen and oxygen atoms in total. The van der Waals surface area contributed by atoms with E-state index in [0.717, 1.165) is 13.0 Å². The van der Waals surface area contributed by atoms with Crippen LogP contribution in [-0.4, -0.2) is 19.1 Å². The summed E-state index contributed by atoms with van der Waals surface area (Å²) in [5.74, 6) is 0.353. The van der Waals surface area contributed by atoms with Gasteiger partial charge in [-0.15, -0.1) is 0 Å². The highest BCUT2D eigenvalue weighted by Crippen LogP contribution is 2.30. The Balaban J connectivity index is 2.22. The zero-order valence-corrected chi connectivity index (χ0v) is 8.99. The van der Waals surface area contributed by atoms with Gasteiger partial charge in [0.05, 0.1) is 5.69 Å². The Morgan fingerprint density at radius 2 is 2.20 bits per heavy atom. The van der Waals surface area contributed by atoms with E-state index in [1.807, 2.05) is 12.1 Å². The van der Waals surface area contributed by atoms with Crippen LogP contribution in [0.4, 0.5) is 10.1 Å². The van der Waals surface area contributed by atoms with Crippen molar-refractivity contribution in [2.45, 2.75) is 19.4 Å². The Labute approximate surface area is 89.9 Å². The second-order valence-electron chi connectivity index (χ2n) is 4.17. The van der Waals surface area contributed by atoms with E-state index in [9.17, 15) is 4.39 Å². The number of para-hydroxylation sites is 1. The third-order valence-electron chi connectivity index (χ3n) is 3.38. The van der Waals surface area contributed by atoms with Gasteiger partial charge in [-0.05, 0) is 37.9 Å². The molecule has 0 amide bonds. The molecule has 0 aliphatic carbocycles. The van der Waals surface area contributed by atoms with E-state index in [-0.39, 0.29) is 5.82 Å². The third-order valence-corrected chi connectivity index (χ3v) is 3.38. The van der Waals surface area contributed by atoms with Gasteiger partial charge in [0, 0.05) is 12.6 Å². The van der Waals surface area contributed by atoms with Crippen molar-refractivity contribution in [1.82, 2.24) is 0 Å². The molecule has 1 saturated heterocycles. The Hall–Kier alpha value is -1.09. The highest BCUT2D eigenvalue weighted by molar-refractivity contribution is 5.49. The van der Waals surface area contributed by atoms with Crippen LogP contribution in [0, 0.1) is 11.7 Å². The summed E-state index contributed by atoms with van der Waals surface area (Å²) in [5, 5.41) is 0. The zero-order chi connectivity index (χ0) is 10.8. The lowest BCUT2D eigenvalue weighted by molar-refractivity contribution is 0.505. The van der Waals surface area contributed by atoms with E-state index in [1.54, 1.807) is 6.07 Å². The molecule has 2 N–H and O–H groups in total. The monoisotopic (exact) mass is 208 g/mol. The van der Waals surface area contributed by atoms with Gasteiger partial charge in [0.25, 0.3) is 0 Å². The van der Waals surface area contributed by atoms with Crippen molar-refractivity contribution in [3.05, 3.63) is 30.1 Å². The van der Waals surface area contributed by atoms with Crippen LogP contribution in [-0.2, 0) is 0 Å². The normalized spacial score (nSPS) is 25.9. The first-order valence-electron chi connectivity index (χ1n) is 5.45. The molecule has 1 aliphatic heterocycles. The van der Waals surface area contributed by atoms with Gasteiger partial charge in [-0.1, -0.05) is 12.1 Å². The van der Waals surface area contributed by atoms with Crippen molar-refractivity contribution in [2.24, 2.45) is 11.7 Å². The van der Waals surface area contributed by atoms with Crippen molar-refractivity contribution >= 4 is 5.69 Å². The fourth-order valence-electron chi connectivity index (χ4n) is 2.34. The molecule has 0 spiro atoms. The van der Waals surface area contributed by atoms with Crippen molar-refractivity contribution in [3.8, 4) is 0 Å². The third kappa shape index (κ3) is 1.84. The standard InChI is InChI=1S/C12H17FN2/c1-9-10(8-14)6-7-15(9)12-5-3-2-4-11(12)13/h2-5,9-10H,6-8,14H2,1H3. The van der Waals surface area contributed by atoms with E-state index in [2.05, 4.69) is 11.8 Å². The summed E-state index contributed by atoms with van der Waals surface area (Å²) >= 11 is 0. The van der Waals surface area contributed by atoms with Gasteiger partial charge in [-0.3, -0.25) is 0 Å².